The molecule has 0 aromatic carbocycles. The third kappa shape index (κ3) is 1.87. The number of ether oxygens (including phenoxy) is 1. The van der Waals surface area contributed by atoms with Crippen LogP contribution in [0, 0.1) is 11.8 Å². The smallest absolute Gasteiger partial charge is 0.148 e. The summed E-state index contributed by atoms with van der Waals surface area (Å²) in [6.07, 6.45) is 2.30. The zero-order chi connectivity index (χ0) is 10.3. The summed E-state index contributed by atoms with van der Waals surface area (Å²) in [4.78, 5) is 23.4. The molecular weight excluding hydrogens is 180 g/mol. The highest BCUT2D eigenvalue weighted by molar-refractivity contribution is 6.04. The highest BCUT2D eigenvalue weighted by atomic mass is 16.5. The van der Waals surface area contributed by atoms with Crippen molar-refractivity contribution in [1.29, 1.82) is 0 Å². The van der Waals surface area contributed by atoms with Gasteiger partial charge >= 0.3 is 0 Å². The molecule has 1 heterocycles. The zero-order valence-electron chi connectivity index (χ0n) is 8.71. The Kier molecular flexibility index (Phi) is 2.22. The van der Waals surface area contributed by atoms with Crippen LogP contribution in [-0.2, 0) is 14.3 Å². The molecular formula is C11H16O3. The van der Waals surface area contributed by atoms with E-state index in [1.165, 1.54) is 0 Å². The fraction of sp³-hybridized carbons (Fsp3) is 0.818. The van der Waals surface area contributed by atoms with Crippen molar-refractivity contribution in [3.63, 3.8) is 0 Å². The van der Waals surface area contributed by atoms with Crippen molar-refractivity contribution in [2.24, 2.45) is 11.8 Å². The number of carbonyl (C=O) groups is 2. The van der Waals surface area contributed by atoms with Crippen LogP contribution in [-0.4, -0.2) is 23.8 Å². The molecule has 14 heavy (non-hydrogen) atoms. The number of hydrogen-bond donors (Lipinski definition) is 0. The van der Waals surface area contributed by atoms with E-state index in [0.717, 1.165) is 12.8 Å². The van der Waals surface area contributed by atoms with Gasteiger partial charge in [-0.25, -0.2) is 0 Å². The van der Waals surface area contributed by atoms with Crippen LogP contribution in [0.5, 0.6) is 0 Å². The molecule has 0 aromatic rings. The first kappa shape index (κ1) is 9.84. The number of hydrogen-bond acceptors (Lipinski definition) is 3. The van der Waals surface area contributed by atoms with E-state index >= 15 is 0 Å². The minimum absolute atomic E-state index is 0.0677. The maximum absolute atomic E-state index is 11.7. The lowest BCUT2D eigenvalue weighted by Crippen LogP contribution is -2.43. The second-order valence-corrected chi connectivity index (χ2v) is 4.94. The molecule has 1 aliphatic heterocycles. The normalized spacial score (nSPS) is 31.6. The molecule has 3 nitrogen and oxygen atoms in total. The van der Waals surface area contributed by atoms with Crippen LogP contribution >= 0.6 is 0 Å². The van der Waals surface area contributed by atoms with E-state index in [0.29, 0.717) is 13.0 Å². The Labute approximate surface area is 83.8 Å². The van der Waals surface area contributed by atoms with Crippen molar-refractivity contribution in [3.8, 4) is 0 Å². The van der Waals surface area contributed by atoms with Gasteiger partial charge in [0.1, 0.15) is 11.6 Å². The summed E-state index contributed by atoms with van der Waals surface area (Å²) in [5.41, 5.74) is -0.378. The zero-order valence-corrected chi connectivity index (χ0v) is 8.71. The van der Waals surface area contributed by atoms with Gasteiger partial charge in [0.15, 0.2) is 0 Å². The summed E-state index contributed by atoms with van der Waals surface area (Å²) >= 11 is 0. The minimum atomic E-state index is -0.462. The predicted octanol–water partition coefficient (Wildman–Crippen LogP) is 1.35. The Balaban J connectivity index is 2.01. The third-order valence-electron chi connectivity index (χ3n) is 2.95. The molecule has 1 saturated heterocycles. The molecule has 1 atom stereocenters. The van der Waals surface area contributed by atoms with E-state index in [9.17, 15) is 9.59 Å². The van der Waals surface area contributed by atoms with Gasteiger partial charge in [-0.2, -0.15) is 0 Å². The second-order valence-electron chi connectivity index (χ2n) is 4.94. The summed E-state index contributed by atoms with van der Waals surface area (Å²) in [5.74, 6) is -0.118. The predicted molar refractivity (Wildman–Crippen MR) is 50.9 cm³/mol. The van der Waals surface area contributed by atoms with Gasteiger partial charge in [-0.05, 0) is 26.7 Å². The molecule has 0 aromatic heterocycles. The Morgan fingerprint density at radius 1 is 1.43 bits per heavy atom. The van der Waals surface area contributed by atoms with Crippen molar-refractivity contribution >= 4 is 11.6 Å². The molecule has 0 radical (unpaired) electrons. The number of Topliss-reactive ketones (excluding diaryl/α,β-unsaturated/α-hetero) is 2. The monoisotopic (exact) mass is 196 g/mol. The fourth-order valence-corrected chi connectivity index (χ4v) is 1.89. The lowest BCUT2D eigenvalue weighted by molar-refractivity contribution is -0.151. The average molecular weight is 196 g/mol. The van der Waals surface area contributed by atoms with Gasteiger partial charge in [-0.3, -0.25) is 9.59 Å². The van der Waals surface area contributed by atoms with Gasteiger partial charge in [0, 0.05) is 12.3 Å². The summed E-state index contributed by atoms with van der Waals surface area (Å²) in [7, 11) is 0. The maximum Gasteiger partial charge on any atom is 0.148 e. The highest BCUT2D eigenvalue weighted by Gasteiger charge is 2.43. The van der Waals surface area contributed by atoms with Crippen molar-refractivity contribution in [1.82, 2.24) is 0 Å². The first-order chi connectivity index (χ1) is 6.49. The molecule has 1 unspecified atom stereocenters. The van der Waals surface area contributed by atoms with E-state index in [1.54, 1.807) is 0 Å². The second kappa shape index (κ2) is 3.16. The summed E-state index contributed by atoms with van der Waals surface area (Å²) in [6, 6.07) is 0. The molecule has 78 valence electrons. The Hall–Kier alpha value is -0.700. The molecule has 0 N–H and O–H groups in total. The van der Waals surface area contributed by atoms with Crippen molar-refractivity contribution < 1.29 is 14.3 Å². The number of carbonyl (C=O) groups excluding carboxylic acids is 2. The largest absolute Gasteiger partial charge is 0.374 e. The van der Waals surface area contributed by atoms with Crippen LogP contribution in [0.4, 0.5) is 0 Å². The summed E-state index contributed by atoms with van der Waals surface area (Å²) < 4.78 is 5.51. The number of ketones is 2. The fourth-order valence-electron chi connectivity index (χ4n) is 1.89. The van der Waals surface area contributed by atoms with E-state index < -0.39 is 5.92 Å². The topological polar surface area (TPSA) is 43.4 Å². The molecule has 0 bridgehead atoms. The van der Waals surface area contributed by atoms with Gasteiger partial charge in [0.2, 0.25) is 0 Å². The van der Waals surface area contributed by atoms with Gasteiger partial charge in [-0.1, -0.05) is 0 Å². The van der Waals surface area contributed by atoms with Crippen LogP contribution in [0.25, 0.3) is 0 Å². The maximum atomic E-state index is 11.7. The van der Waals surface area contributed by atoms with Crippen LogP contribution in [0.1, 0.15) is 33.1 Å². The molecule has 0 amide bonds. The highest BCUT2D eigenvalue weighted by Crippen LogP contribution is 2.35. The van der Waals surface area contributed by atoms with Crippen molar-refractivity contribution in [2.75, 3.05) is 6.61 Å². The van der Waals surface area contributed by atoms with Gasteiger partial charge in [-0.15, -0.1) is 0 Å². The first-order valence-electron chi connectivity index (χ1n) is 5.20. The van der Waals surface area contributed by atoms with E-state index in [4.69, 9.17) is 4.74 Å². The Morgan fingerprint density at radius 3 is 2.57 bits per heavy atom. The van der Waals surface area contributed by atoms with E-state index in [1.807, 2.05) is 13.8 Å². The van der Waals surface area contributed by atoms with Gasteiger partial charge in [0.05, 0.1) is 18.1 Å². The average Bonchev–Trinajstić information content (AvgIpc) is 2.83. The van der Waals surface area contributed by atoms with Crippen LogP contribution in [0.15, 0.2) is 0 Å². The van der Waals surface area contributed by atoms with Crippen molar-refractivity contribution in [2.45, 2.75) is 38.7 Å². The summed E-state index contributed by atoms with van der Waals surface area (Å²) in [5, 5.41) is 0. The van der Waals surface area contributed by atoms with E-state index in [2.05, 4.69) is 0 Å². The Morgan fingerprint density at radius 2 is 2.07 bits per heavy atom. The Bertz CT molecular complexity index is 276. The first-order valence-corrected chi connectivity index (χ1v) is 5.20. The lowest BCUT2D eigenvalue weighted by Gasteiger charge is -2.33. The van der Waals surface area contributed by atoms with Crippen LogP contribution in [0.3, 0.4) is 0 Å². The minimum Gasteiger partial charge on any atom is -0.374 e. The molecule has 2 rings (SSSR count). The van der Waals surface area contributed by atoms with Crippen LogP contribution < -0.4 is 0 Å². The lowest BCUT2D eigenvalue weighted by atomic mass is 9.86. The van der Waals surface area contributed by atoms with Crippen molar-refractivity contribution in [3.05, 3.63) is 0 Å². The molecule has 2 aliphatic rings. The quantitative estimate of drug-likeness (QED) is 0.626. The van der Waals surface area contributed by atoms with Crippen LogP contribution in [0.2, 0.25) is 0 Å². The molecule has 1 aliphatic carbocycles. The molecule has 2 fully saturated rings. The van der Waals surface area contributed by atoms with E-state index in [-0.39, 0.29) is 23.1 Å². The number of rotatable bonds is 2. The van der Waals surface area contributed by atoms with Gasteiger partial charge < -0.3 is 4.74 Å². The standard InChI is InChI=1S/C11H16O3/c1-11(2)5-9(12)8(6-14-11)10(13)7-3-4-7/h7-8H,3-6H2,1-2H3. The third-order valence-corrected chi connectivity index (χ3v) is 2.95. The molecule has 1 saturated carbocycles. The summed E-state index contributed by atoms with van der Waals surface area (Å²) in [6.45, 7) is 4.08. The van der Waals surface area contributed by atoms with Gasteiger partial charge in [0.25, 0.3) is 0 Å². The SMILES string of the molecule is CC1(C)CC(=O)C(C(=O)C2CC2)CO1. The molecule has 0 spiro atoms. The molecule has 3 heteroatoms.